The monoisotopic (exact) mass is 496 g/mol. The first kappa shape index (κ1) is 18.8. The van der Waals surface area contributed by atoms with Crippen LogP contribution in [0, 0.1) is 23.8 Å². The highest BCUT2D eigenvalue weighted by Crippen LogP contribution is 2.27. The number of thiazole rings is 1. The van der Waals surface area contributed by atoms with Crippen molar-refractivity contribution in [3.8, 4) is 11.3 Å². The van der Waals surface area contributed by atoms with Gasteiger partial charge in [0.15, 0.2) is 5.13 Å². The van der Waals surface area contributed by atoms with Gasteiger partial charge in [-0.15, -0.1) is 11.3 Å². The number of non-ortho nitro benzene ring substituents is 2. The van der Waals surface area contributed by atoms with Crippen LogP contribution in [-0.4, -0.2) is 20.7 Å². The number of carbonyl (C=O) groups excluding carboxylic acids is 1. The van der Waals surface area contributed by atoms with E-state index in [-0.39, 0.29) is 10.7 Å². The minimum atomic E-state index is -0.790. The molecule has 3 rings (SSSR count). The Morgan fingerprint density at radius 3 is 2.19 bits per heavy atom. The molecular formula is C16H9IN4O5S. The molecule has 1 amide bonds. The predicted octanol–water partition coefficient (Wildman–Crippen LogP) is 4.48. The normalized spacial score (nSPS) is 10.4. The Morgan fingerprint density at radius 2 is 1.63 bits per heavy atom. The Hall–Kier alpha value is -2.93. The standard InChI is InChI=1S/C16H9IN4O5S/c17-11-3-1-9(2-4-11)14-8-27-16(18-14)19-15(22)10-5-12(20(23)24)7-13(6-10)21(25)26/h1-8H,(H,18,19,22). The summed E-state index contributed by atoms with van der Waals surface area (Å²) in [5.74, 6) is -0.717. The van der Waals surface area contributed by atoms with Crippen molar-refractivity contribution >= 4 is 56.3 Å². The van der Waals surface area contributed by atoms with Gasteiger partial charge in [0.1, 0.15) is 0 Å². The van der Waals surface area contributed by atoms with Gasteiger partial charge in [-0.2, -0.15) is 0 Å². The van der Waals surface area contributed by atoms with E-state index in [4.69, 9.17) is 0 Å². The number of hydrogen-bond acceptors (Lipinski definition) is 7. The highest BCUT2D eigenvalue weighted by Gasteiger charge is 2.20. The smallest absolute Gasteiger partial charge is 0.277 e. The second-order valence-electron chi connectivity index (χ2n) is 5.25. The molecule has 2 aromatic carbocycles. The maximum Gasteiger partial charge on any atom is 0.277 e. The van der Waals surface area contributed by atoms with Gasteiger partial charge in [-0.3, -0.25) is 30.3 Å². The van der Waals surface area contributed by atoms with Crippen molar-refractivity contribution in [1.82, 2.24) is 4.98 Å². The first-order valence-electron chi connectivity index (χ1n) is 7.30. The molecule has 0 aliphatic rings. The summed E-state index contributed by atoms with van der Waals surface area (Å²) in [6.07, 6.45) is 0. The van der Waals surface area contributed by atoms with Gasteiger partial charge in [-0.1, -0.05) is 12.1 Å². The molecule has 11 heteroatoms. The molecule has 0 fully saturated rings. The van der Waals surface area contributed by atoms with Crippen molar-refractivity contribution in [3.63, 3.8) is 0 Å². The van der Waals surface area contributed by atoms with Gasteiger partial charge in [-0.25, -0.2) is 4.98 Å². The zero-order valence-corrected chi connectivity index (χ0v) is 16.3. The summed E-state index contributed by atoms with van der Waals surface area (Å²) in [4.78, 5) is 37.0. The fourth-order valence-electron chi connectivity index (χ4n) is 2.19. The molecule has 0 unspecified atom stereocenters. The summed E-state index contributed by atoms with van der Waals surface area (Å²) < 4.78 is 1.08. The Morgan fingerprint density at radius 1 is 1.04 bits per heavy atom. The highest BCUT2D eigenvalue weighted by atomic mass is 127. The summed E-state index contributed by atoms with van der Waals surface area (Å²) in [5, 5.41) is 26.4. The van der Waals surface area contributed by atoms with E-state index >= 15 is 0 Å². The van der Waals surface area contributed by atoms with E-state index in [0.29, 0.717) is 5.69 Å². The van der Waals surface area contributed by atoms with Crippen LogP contribution >= 0.6 is 33.9 Å². The molecule has 9 nitrogen and oxygen atoms in total. The highest BCUT2D eigenvalue weighted by molar-refractivity contribution is 14.1. The lowest BCUT2D eigenvalue weighted by Gasteiger charge is -2.02. The van der Waals surface area contributed by atoms with Gasteiger partial charge >= 0.3 is 0 Å². The number of aromatic nitrogens is 1. The molecule has 0 bridgehead atoms. The van der Waals surface area contributed by atoms with Crippen LogP contribution in [0.3, 0.4) is 0 Å². The third-order valence-electron chi connectivity index (χ3n) is 3.45. The fraction of sp³-hybridized carbons (Fsp3) is 0. The second kappa shape index (κ2) is 7.75. The van der Waals surface area contributed by atoms with Crippen molar-refractivity contribution in [2.75, 3.05) is 5.32 Å². The third kappa shape index (κ3) is 4.43. The van der Waals surface area contributed by atoms with Crippen molar-refractivity contribution in [3.05, 3.63) is 77.2 Å². The average molecular weight is 496 g/mol. The van der Waals surface area contributed by atoms with E-state index in [2.05, 4.69) is 32.9 Å². The molecule has 1 N–H and O–H groups in total. The molecule has 0 aliphatic heterocycles. The molecule has 0 radical (unpaired) electrons. The number of nitro groups is 2. The van der Waals surface area contributed by atoms with Crippen molar-refractivity contribution < 1.29 is 14.6 Å². The Bertz CT molecular complexity index is 1020. The van der Waals surface area contributed by atoms with Crippen LogP contribution in [-0.2, 0) is 0 Å². The van der Waals surface area contributed by atoms with Crippen LogP contribution in [0.5, 0.6) is 0 Å². The quantitative estimate of drug-likeness (QED) is 0.315. The van der Waals surface area contributed by atoms with Crippen LogP contribution in [0.4, 0.5) is 16.5 Å². The number of benzene rings is 2. The Labute approximate surface area is 169 Å². The molecule has 1 heterocycles. The van der Waals surface area contributed by atoms with Crippen LogP contribution in [0.25, 0.3) is 11.3 Å². The molecule has 136 valence electrons. The topological polar surface area (TPSA) is 128 Å². The Balaban J connectivity index is 1.84. The summed E-state index contributed by atoms with van der Waals surface area (Å²) >= 11 is 3.37. The maximum absolute atomic E-state index is 12.4. The average Bonchev–Trinajstić information content (AvgIpc) is 3.10. The number of nitro benzene ring substituents is 2. The van der Waals surface area contributed by atoms with Crippen molar-refractivity contribution in [1.29, 1.82) is 0 Å². The number of nitrogens with zero attached hydrogens (tertiary/aromatic N) is 3. The largest absolute Gasteiger partial charge is 0.298 e. The molecule has 27 heavy (non-hydrogen) atoms. The lowest BCUT2D eigenvalue weighted by atomic mass is 10.1. The fourth-order valence-corrected chi connectivity index (χ4v) is 3.27. The lowest BCUT2D eigenvalue weighted by Crippen LogP contribution is -2.12. The van der Waals surface area contributed by atoms with Gasteiger partial charge in [-0.05, 0) is 34.7 Å². The van der Waals surface area contributed by atoms with E-state index < -0.39 is 27.1 Å². The van der Waals surface area contributed by atoms with Gasteiger partial charge < -0.3 is 0 Å². The second-order valence-corrected chi connectivity index (χ2v) is 7.35. The van der Waals surface area contributed by atoms with Gasteiger partial charge in [0.25, 0.3) is 17.3 Å². The van der Waals surface area contributed by atoms with E-state index in [1.165, 1.54) is 11.3 Å². The maximum atomic E-state index is 12.4. The molecule has 0 saturated carbocycles. The van der Waals surface area contributed by atoms with E-state index in [9.17, 15) is 25.0 Å². The molecule has 0 saturated heterocycles. The zero-order valence-electron chi connectivity index (χ0n) is 13.3. The first-order valence-corrected chi connectivity index (χ1v) is 9.26. The number of anilines is 1. The lowest BCUT2D eigenvalue weighted by molar-refractivity contribution is -0.394. The van der Waals surface area contributed by atoms with Crippen LogP contribution in [0.2, 0.25) is 0 Å². The van der Waals surface area contributed by atoms with E-state index in [0.717, 1.165) is 27.3 Å². The number of nitrogens with one attached hydrogen (secondary N) is 1. The molecular weight excluding hydrogens is 487 g/mol. The van der Waals surface area contributed by atoms with Crippen LogP contribution < -0.4 is 5.32 Å². The van der Waals surface area contributed by atoms with E-state index in [1.807, 2.05) is 24.3 Å². The number of amides is 1. The zero-order chi connectivity index (χ0) is 19.6. The van der Waals surface area contributed by atoms with Gasteiger partial charge in [0.05, 0.1) is 27.2 Å². The van der Waals surface area contributed by atoms with Crippen LogP contribution in [0.1, 0.15) is 10.4 Å². The predicted molar refractivity (Wildman–Crippen MR) is 108 cm³/mol. The van der Waals surface area contributed by atoms with Gasteiger partial charge in [0.2, 0.25) is 0 Å². The number of carbonyl (C=O) groups is 1. The molecule has 0 aliphatic carbocycles. The molecule has 0 spiro atoms. The van der Waals surface area contributed by atoms with Crippen LogP contribution in [0.15, 0.2) is 47.8 Å². The third-order valence-corrected chi connectivity index (χ3v) is 4.93. The number of halogens is 1. The summed E-state index contributed by atoms with van der Waals surface area (Å²) in [7, 11) is 0. The van der Waals surface area contributed by atoms with Crippen molar-refractivity contribution in [2.24, 2.45) is 0 Å². The minimum Gasteiger partial charge on any atom is -0.298 e. The minimum absolute atomic E-state index is 0.193. The first-order chi connectivity index (χ1) is 12.8. The number of rotatable bonds is 5. The summed E-state index contributed by atoms with van der Waals surface area (Å²) in [6.45, 7) is 0. The van der Waals surface area contributed by atoms with Gasteiger partial charge in [0, 0.05) is 26.6 Å². The molecule has 1 aromatic heterocycles. The summed E-state index contributed by atoms with van der Waals surface area (Å²) in [5.41, 5.74) is 0.276. The number of hydrogen-bond donors (Lipinski definition) is 1. The Kier molecular flexibility index (Phi) is 5.41. The SMILES string of the molecule is O=C(Nc1nc(-c2ccc(I)cc2)cs1)c1cc([N+](=O)[O-])cc([N+](=O)[O-])c1. The van der Waals surface area contributed by atoms with E-state index in [1.54, 1.807) is 5.38 Å². The summed E-state index contributed by atoms with van der Waals surface area (Å²) in [6, 6.07) is 10.4. The molecule has 3 aromatic rings. The molecule has 0 atom stereocenters. The van der Waals surface area contributed by atoms with Crippen molar-refractivity contribution in [2.45, 2.75) is 0 Å².